The van der Waals surface area contributed by atoms with E-state index in [1.165, 1.54) is 44.3 Å². The number of thioether (sulfide) groups is 1. The van der Waals surface area contributed by atoms with Crippen LogP contribution in [-0.4, -0.2) is 10.9 Å². The van der Waals surface area contributed by atoms with Gasteiger partial charge in [-0.15, -0.1) is 0 Å². The van der Waals surface area contributed by atoms with E-state index in [4.69, 9.17) is 9.78 Å². The maximum Gasteiger partial charge on any atom is 0.285 e. The van der Waals surface area contributed by atoms with E-state index in [1.54, 1.807) is 0 Å². The molecule has 2 heterocycles. The summed E-state index contributed by atoms with van der Waals surface area (Å²) in [6.07, 6.45) is 8.09. The molecule has 0 aromatic heterocycles. The largest absolute Gasteiger partial charge is 0.285 e. The van der Waals surface area contributed by atoms with Crippen LogP contribution in [0.1, 0.15) is 38.5 Å². The Morgan fingerprint density at radius 2 is 1.67 bits per heavy atom. The molecule has 2 saturated heterocycles. The van der Waals surface area contributed by atoms with Crippen LogP contribution in [-0.2, 0) is 9.78 Å². The third-order valence-electron chi connectivity index (χ3n) is 3.57. The second-order valence-corrected chi connectivity index (χ2v) is 5.40. The number of fused-ring (bicyclic) bond motifs is 1. The second-order valence-electron chi connectivity index (χ2n) is 4.16. The predicted molar refractivity (Wildman–Crippen MR) is 47.5 cm³/mol. The average molecular weight is 186 g/mol. The lowest BCUT2D eigenvalue weighted by atomic mass is 9.72. The van der Waals surface area contributed by atoms with Gasteiger partial charge in [0.2, 0.25) is 0 Å². The molecule has 2 spiro atoms. The van der Waals surface area contributed by atoms with Gasteiger partial charge in [-0.3, -0.25) is 0 Å². The third-order valence-corrected chi connectivity index (χ3v) is 4.92. The molecule has 3 rings (SSSR count). The average Bonchev–Trinajstić information content (AvgIpc) is 2.80. The zero-order valence-electron chi connectivity index (χ0n) is 7.17. The Kier molecular flexibility index (Phi) is 1.53. The summed E-state index contributed by atoms with van der Waals surface area (Å²) in [5.74, 6) is 1.22. The fourth-order valence-electron chi connectivity index (χ4n) is 2.73. The molecule has 3 aliphatic rings. The lowest BCUT2D eigenvalue weighted by Crippen LogP contribution is -2.33. The molecule has 68 valence electrons. The van der Waals surface area contributed by atoms with Crippen molar-refractivity contribution in [2.24, 2.45) is 5.41 Å². The molecule has 3 heteroatoms. The molecule has 1 saturated carbocycles. The fraction of sp³-hybridized carbons (Fsp3) is 1.00. The van der Waals surface area contributed by atoms with Crippen molar-refractivity contribution >= 4 is 11.8 Å². The van der Waals surface area contributed by atoms with E-state index in [9.17, 15) is 0 Å². The Labute approximate surface area is 76.9 Å². The van der Waals surface area contributed by atoms with Crippen LogP contribution >= 0.6 is 11.8 Å². The Hall–Kier alpha value is 0.270. The summed E-state index contributed by atoms with van der Waals surface area (Å²) in [4.78, 5) is 10.4. The van der Waals surface area contributed by atoms with Crippen molar-refractivity contribution in [2.75, 3.05) is 5.75 Å². The molecule has 2 nitrogen and oxygen atoms in total. The van der Waals surface area contributed by atoms with Crippen molar-refractivity contribution in [3.05, 3.63) is 0 Å². The van der Waals surface area contributed by atoms with Crippen LogP contribution in [0.25, 0.3) is 0 Å². The maximum atomic E-state index is 5.21. The molecule has 0 aromatic carbocycles. The van der Waals surface area contributed by atoms with Gasteiger partial charge in [0.1, 0.15) is 0 Å². The van der Waals surface area contributed by atoms with Gasteiger partial charge in [-0.05, 0) is 25.0 Å². The molecule has 0 amide bonds. The van der Waals surface area contributed by atoms with Gasteiger partial charge < -0.3 is 0 Å². The smallest absolute Gasteiger partial charge is 0.182 e. The summed E-state index contributed by atoms with van der Waals surface area (Å²) in [7, 11) is 0. The maximum absolute atomic E-state index is 5.21. The van der Waals surface area contributed by atoms with Crippen molar-refractivity contribution in [2.45, 2.75) is 43.6 Å². The van der Waals surface area contributed by atoms with Gasteiger partial charge in [-0.1, -0.05) is 31.0 Å². The van der Waals surface area contributed by atoms with Crippen molar-refractivity contribution in [1.82, 2.24) is 0 Å². The van der Waals surface area contributed by atoms with Crippen LogP contribution in [0.2, 0.25) is 0 Å². The van der Waals surface area contributed by atoms with Gasteiger partial charge in [-0.2, -0.15) is 9.78 Å². The first-order chi connectivity index (χ1) is 5.87. The van der Waals surface area contributed by atoms with E-state index in [0.29, 0.717) is 5.41 Å². The molecular weight excluding hydrogens is 172 g/mol. The molecule has 2 aliphatic heterocycles. The third kappa shape index (κ3) is 0.847. The minimum absolute atomic E-state index is 0.173. The minimum atomic E-state index is -0.173. The lowest BCUT2D eigenvalue weighted by molar-refractivity contribution is 0.0850. The van der Waals surface area contributed by atoms with Gasteiger partial charge in [0.25, 0.3) is 5.12 Å². The van der Waals surface area contributed by atoms with Gasteiger partial charge in [-0.25, -0.2) is 0 Å². The Bertz CT molecular complexity index is 195. The van der Waals surface area contributed by atoms with E-state index in [1.807, 2.05) is 11.8 Å². The minimum Gasteiger partial charge on any atom is -0.182 e. The Morgan fingerprint density at radius 3 is 2.33 bits per heavy atom. The standard InChI is InChI=1S/C9H14O2S/c1-2-4-8(5-3-1)6-7-12-9(8)10-11-9/h1-7H2. The highest BCUT2D eigenvalue weighted by Crippen LogP contribution is 2.66. The van der Waals surface area contributed by atoms with Crippen LogP contribution in [0, 0.1) is 5.41 Å². The Balaban J connectivity index is 1.87. The quantitative estimate of drug-likeness (QED) is 0.429. The lowest BCUT2D eigenvalue weighted by Gasteiger charge is -2.33. The van der Waals surface area contributed by atoms with Crippen LogP contribution in [0.4, 0.5) is 0 Å². The van der Waals surface area contributed by atoms with E-state index in [0.717, 1.165) is 0 Å². The zero-order chi connectivity index (χ0) is 8.07. The zero-order valence-corrected chi connectivity index (χ0v) is 7.99. The molecule has 12 heavy (non-hydrogen) atoms. The summed E-state index contributed by atoms with van der Waals surface area (Å²) in [6, 6.07) is 0. The normalized spacial score (nSPS) is 36.0. The van der Waals surface area contributed by atoms with E-state index in [2.05, 4.69) is 0 Å². The number of rotatable bonds is 0. The SMILES string of the molecule is C1CCC2(CC1)CCSC21OO1. The van der Waals surface area contributed by atoms with Crippen molar-refractivity contribution in [3.63, 3.8) is 0 Å². The molecule has 0 atom stereocenters. The second kappa shape index (κ2) is 2.40. The van der Waals surface area contributed by atoms with Gasteiger partial charge in [0.15, 0.2) is 0 Å². The molecule has 0 bridgehead atoms. The van der Waals surface area contributed by atoms with E-state index < -0.39 is 0 Å². The van der Waals surface area contributed by atoms with Crippen molar-refractivity contribution < 1.29 is 9.78 Å². The van der Waals surface area contributed by atoms with Crippen molar-refractivity contribution in [1.29, 1.82) is 0 Å². The monoisotopic (exact) mass is 186 g/mol. The first-order valence-corrected chi connectivity index (χ1v) is 5.86. The van der Waals surface area contributed by atoms with Crippen molar-refractivity contribution in [3.8, 4) is 0 Å². The highest BCUT2D eigenvalue weighted by Gasteiger charge is 2.68. The topological polar surface area (TPSA) is 25.1 Å². The number of hydrogen-bond acceptors (Lipinski definition) is 3. The molecular formula is C9H14O2S. The van der Waals surface area contributed by atoms with Crippen LogP contribution in [0.15, 0.2) is 0 Å². The molecule has 0 unspecified atom stereocenters. The highest BCUT2D eigenvalue weighted by molar-refractivity contribution is 8.00. The number of hydrogen-bond donors (Lipinski definition) is 0. The first kappa shape index (κ1) is 7.65. The summed E-state index contributed by atoms with van der Waals surface area (Å²) in [6.45, 7) is 0. The predicted octanol–water partition coefficient (Wildman–Crippen LogP) is 2.69. The van der Waals surface area contributed by atoms with Crippen LogP contribution in [0.3, 0.4) is 0 Å². The van der Waals surface area contributed by atoms with Crippen LogP contribution < -0.4 is 0 Å². The summed E-state index contributed by atoms with van der Waals surface area (Å²) in [5.41, 5.74) is 0.399. The van der Waals surface area contributed by atoms with E-state index >= 15 is 0 Å². The van der Waals surface area contributed by atoms with E-state index in [-0.39, 0.29) is 5.12 Å². The van der Waals surface area contributed by atoms with Gasteiger partial charge >= 0.3 is 0 Å². The molecule has 0 aromatic rings. The molecule has 0 radical (unpaired) electrons. The first-order valence-electron chi connectivity index (χ1n) is 4.88. The Morgan fingerprint density at radius 1 is 0.917 bits per heavy atom. The summed E-state index contributed by atoms with van der Waals surface area (Å²) in [5, 5.41) is -0.173. The molecule has 0 N–H and O–H groups in total. The van der Waals surface area contributed by atoms with Gasteiger partial charge in [0, 0.05) is 5.41 Å². The fourth-order valence-corrected chi connectivity index (χ4v) is 4.24. The highest BCUT2D eigenvalue weighted by atomic mass is 32.2. The molecule has 1 aliphatic carbocycles. The van der Waals surface area contributed by atoms with Gasteiger partial charge in [0.05, 0.1) is 0 Å². The summed E-state index contributed by atoms with van der Waals surface area (Å²) >= 11 is 1.87. The summed E-state index contributed by atoms with van der Waals surface area (Å²) < 4.78 is 0. The van der Waals surface area contributed by atoms with Crippen LogP contribution in [0.5, 0.6) is 0 Å². The molecule has 3 fully saturated rings.